The zero-order valence-electron chi connectivity index (χ0n) is 17.0. The van der Waals surface area contributed by atoms with Crippen molar-refractivity contribution in [2.75, 3.05) is 39.8 Å². The number of hydrogen-bond acceptors (Lipinski definition) is 6. The number of nitrogens with zero attached hydrogens (tertiary/aromatic N) is 2. The summed E-state index contributed by atoms with van der Waals surface area (Å²) in [6, 6.07) is 10.9. The van der Waals surface area contributed by atoms with E-state index in [0.29, 0.717) is 12.4 Å². The third kappa shape index (κ3) is 4.39. The highest BCUT2D eigenvalue weighted by molar-refractivity contribution is 7.89. The second-order valence-electron chi connectivity index (χ2n) is 8.04. The summed E-state index contributed by atoms with van der Waals surface area (Å²) in [5.41, 5.74) is -0.319. The maximum atomic E-state index is 13.4. The monoisotopic (exact) mass is 449 g/mol. The Bertz CT molecular complexity index is 983. The minimum absolute atomic E-state index is 0.124. The van der Waals surface area contributed by atoms with Gasteiger partial charge >= 0.3 is 0 Å². The fourth-order valence-electron chi connectivity index (χ4n) is 4.15. The molecule has 4 rings (SSSR count). The molecule has 3 heterocycles. The third-order valence-corrected chi connectivity index (χ3v) is 8.68. The van der Waals surface area contributed by atoms with Gasteiger partial charge in [0.15, 0.2) is 0 Å². The van der Waals surface area contributed by atoms with Crippen molar-refractivity contribution in [3.63, 3.8) is 0 Å². The minimum Gasteiger partial charge on any atom is -0.492 e. The molecule has 0 saturated carbocycles. The fourth-order valence-corrected chi connectivity index (χ4v) is 6.54. The van der Waals surface area contributed by atoms with Gasteiger partial charge in [0.25, 0.3) is 0 Å². The predicted molar refractivity (Wildman–Crippen MR) is 116 cm³/mol. The molecule has 1 N–H and O–H groups in total. The number of amides is 1. The summed E-state index contributed by atoms with van der Waals surface area (Å²) in [6.45, 7) is 3.19. The molecule has 2 aromatic rings. The van der Waals surface area contributed by atoms with Crippen molar-refractivity contribution in [3.05, 3.63) is 46.7 Å². The van der Waals surface area contributed by atoms with Crippen molar-refractivity contribution in [1.82, 2.24) is 14.5 Å². The summed E-state index contributed by atoms with van der Waals surface area (Å²) in [5, 5.41) is 4.64. The highest BCUT2D eigenvalue weighted by Gasteiger charge is 2.43. The van der Waals surface area contributed by atoms with Gasteiger partial charge in [0, 0.05) is 30.4 Å². The standard InChI is InChI=1S/C21H27N3O4S2/c1-22-20(25)14-24-15-21(8-10-23(11-9-21)13-17-5-4-12-29-17)16-28-18-6-2-3-7-19(18)30(24,26)27/h2-7,12H,8-11,13-16H2,1H3,(H,22,25). The summed E-state index contributed by atoms with van der Waals surface area (Å²) in [5.74, 6) is 0.0438. The maximum absolute atomic E-state index is 13.4. The Morgan fingerprint density at radius 1 is 1.20 bits per heavy atom. The summed E-state index contributed by atoms with van der Waals surface area (Å²) in [6.07, 6.45) is 1.64. The molecule has 2 aliphatic heterocycles. The van der Waals surface area contributed by atoms with Crippen LogP contribution < -0.4 is 10.1 Å². The minimum atomic E-state index is -3.84. The number of nitrogens with one attached hydrogen (secondary N) is 1. The van der Waals surface area contributed by atoms with Crippen LogP contribution in [0.3, 0.4) is 0 Å². The van der Waals surface area contributed by atoms with Crippen LogP contribution in [0.1, 0.15) is 17.7 Å². The van der Waals surface area contributed by atoms with E-state index in [1.165, 1.54) is 16.2 Å². The molecule has 0 aliphatic carbocycles. The molecule has 0 radical (unpaired) electrons. The second-order valence-corrected chi connectivity index (χ2v) is 11.0. The Morgan fingerprint density at radius 2 is 1.97 bits per heavy atom. The molecule has 7 nitrogen and oxygen atoms in total. The van der Waals surface area contributed by atoms with E-state index >= 15 is 0 Å². The molecule has 2 aliphatic rings. The Balaban J connectivity index is 1.58. The smallest absolute Gasteiger partial charge is 0.247 e. The molecule has 1 aromatic heterocycles. The number of piperidine rings is 1. The number of likely N-dealkylation sites (N-methyl/N-ethyl adjacent to an activating group) is 1. The van der Waals surface area contributed by atoms with E-state index in [9.17, 15) is 13.2 Å². The number of carbonyl (C=O) groups excluding carboxylic acids is 1. The van der Waals surface area contributed by atoms with Crippen molar-refractivity contribution < 1.29 is 17.9 Å². The average molecular weight is 450 g/mol. The van der Waals surface area contributed by atoms with Gasteiger partial charge in [-0.2, -0.15) is 4.31 Å². The summed E-state index contributed by atoms with van der Waals surface area (Å²) in [4.78, 5) is 16.0. The molecule has 1 spiro atoms. The molecule has 162 valence electrons. The van der Waals surface area contributed by atoms with Crippen molar-refractivity contribution in [2.45, 2.75) is 24.3 Å². The zero-order valence-corrected chi connectivity index (χ0v) is 18.7. The van der Waals surface area contributed by atoms with Gasteiger partial charge in [-0.3, -0.25) is 9.69 Å². The number of ether oxygens (including phenoxy) is 1. The van der Waals surface area contributed by atoms with Crippen molar-refractivity contribution in [1.29, 1.82) is 0 Å². The van der Waals surface area contributed by atoms with Crippen LogP contribution in [0.5, 0.6) is 5.75 Å². The van der Waals surface area contributed by atoms with E-state index in [1.807, 2.05) is 0 Å². The molecule has 1 aromatic carbocycles. The van der Waals surface area contributed by atoms with Crippen LogP contribution in [-0.4, -0.2) is 63.4 Å². The molecule has 30 heavy (non-hydrogen) atoms. The van der Waals surface area contributed by atoms with Gasteiger partial charge in [0.05, 0.1) is 13.2 Å². The summed E-state index contributed by atoms with van der Waals surface area (Å²) < 4.78 is 34.2. The van der Waals surface area contributed by atoms with Gasteiger partial charge in [0.2, 0.25) is 15.9 Å². The maximum Gasteiger partial charge on any atom is 0.247 e. The van der Waals surface area contributed by atoms with Crippen LogP contribution in [0.15, 0.2) is 46.7 Å². The van der Waals surface area contributed by atoms with Gasteiger partial charge in [-0.25, -0.2) is 8.42 Å². The number of sulfonamides is 1. The lowest BCUT2D eigenvalue weighted by atomic mass is 9.78. The highest BCUT2D eigenvalue weighted by Crippen LogP contribution is 2.39. The summed E-state index contributed by atoms with van der Waals surface area (Å²) >= 11 is 1.75. The fraction of sp³-hybridized carbons (Fsp3) is 0.476. The van der Waals surface area contributed by atoms with Crippen LogP contribution in [0.4, 0.5) is 0 Å². The number of carbonyl (C=O) groups is 1. The molecule has 0 bridgehead atoms. The van der Waals surface area contributed by atoms with Gasteiger partial charge in [0.1, 0.15) is 10.6 Å². The van der Waals surface area contributed by atoms with E-state index in [-0.39, 0.29) is 29.3 Å². The average Bonchev–Trinajstić information content (AvgIpc) is 3.26. The lowest BCUT2D eigenvalue weighted by Crippen LogP contribution is -2.53. The van der Waals surface area contributed by atoms with E-state index < -0.39 is 10.0 Å². The van der Waals surface area contributed by atoms with E-state index in [2.05, 4.69) is 27.7 Å². The number of para-hydroxylation sites is 1. The van der Waals surface area contributed by atoms with Crippen LogP contribution >= 0.6 is 11.3 Å². The lowest BCUT2D eigenvalue weighted by molar-refractivity contribution is -0.121. The van der Waals surface area contributed by atoms with Gasteiger partial charge in [-0.05, 0) is 49.5 Å². The van der Waals surface area contributed by atoms with E-state index in [0.717, 1.165) is 32.5 Å². The lowest BCUT2D eigenvalue weighted by Gasteiger charge is -2.44. The van der Waals surface area contributed by atoms with Crippen LogP contribution in [0.25, 0.3) is 0 Å². The van der Waals surface area contributed by atoms with Gasteiger partial charge in [-0.15, -0.1) is 11.3 Å². The molecule has 1 saturated heterocycles. The van der Waals surface area contributed by atoms with E-state index in [1.54, 1.807) is 35.6 Å². The Morgan fingerprint density at radius 3 is 2.67 bits per heavy atom. The van der Waals surface area contributed by atoms with E-state index in [4.69, 9.17) is 4.74 Å². The number of rotatable bonds is 4. The normalized spacial score (nSPS) is 21.2. The first-order valence-corrected chi connectivity index (χ1v) is 12.4. The molecule has 0 unspecified atom stereocenters. The molecular formula is C21H27N3O4S2. The Labute approximate surface area is 181 Å². The number of fused-ring (bicyclic) bond motifs is 1. The first kappa shape index (κ1) is 21.3. The number of likely N-dealkylation sites (tertiary alicyclic amines) is 1. The van der Waals surface area contributed by atoms with Crippen molar-refractivity contribution in [2.24, 2.45) is 5.41 Å². The Hall–Kier alpha value is -1.94. The number of thiophene rings is 1. The number of benzene rings is 1. The molecule has 9 heteroatoms. The molecule has 1 fully saturated rings. The molecular weight excluding hydrogens is 422 g/mol. The van der Waals surface area contributed by atoms with Crippen LogP contribution in [0, 0.1) is 5.41 Å². The third-order valence-electron chi connectivity index (χ3n) is 5.99. The molecule has 1 amide bonds. The summed E-state index contributed by atoms with van der Waals surface area (Å²) in [7, 11) is -2.32. The first-order valence-electron chi connectivity index (χ1n) is 10.1. The SMILES string of the molecule is CNC(=O)CN1CC2(CCN(Cc3cccs3)CC2)COc2ccccc2S1(=O)=O. The van der Waals surface area contributed by atoms with Crippen molar-refractivity contribution in [3.8, 4) is 5.75 Å². The zero-order chi connectivity index (χ0) is 21.2. The Kier molecular flexibility index (Phi) is 6.15. The second kappa shape index (κ2) is 8.66. The van der Waals surface area contributed by atoms with Crippen LogP contribution in [0.2, 0.25) is 0 Å². The van der Waals surface area contributed by atoms with Gasteiger partial charge < -0.3 is 10.1 Å². The van der Waals surface area contributed by atoms with Crippen molar-refractivity contribution >= 4 is 27.3 Å². The largest absolute Gasteiger partial charge is 0.492 e. The topological polar surface area (TPSA) is 79.0 Å². The predicted octanol–water partition coefficient (Wildman–Crippen LogP) is 2.16. The number of hydrogen-bond donors (Lipinski definition) is 1. The molecule has 0 atom stereocenters. The van der Waals surface area contributed by atoms with Crippen LogP contribution in [-0.2, 0) is 21.4 Å². The van der Waals surface area contributed by atoms with Gasteiger partial charge in [-0.1, -0.05) is 18.2 Å². The highest BCUT2D eigenvalue weighted by atomic mass is 32.2. The quantitative estimate of drug-likeness (QED) is 0.774. The first-order chi connectivity index (χ1) is 14.4.